The number of hydrogen-bond donors (Lipinski definition) is 0. The maximum absolute atomic E-state index is 15.1. The van der Waals surface area contributed by atoms with Crippen LogP contribution in [0.2, 0.25) is 5.02 Å². The van der Waals surface area contributed by atoms with Crippen molar-refractivity contribution in [3.63, 3.8) is 0 Å². The van der Waals surface area contributed by atoms with Crippen LogP contribution in [0.15, 0.2) is 60.8 Å². The second kappa shape index (κ2) is 10.3. The van der Waals surface area contributed by atoms with Crippen molar-refractivity contribution in [1.82, 2.24) is 4.98 Å². The van der Waals surface area contributed by atoms with Crippen molar-refractivity contribution in [2.45, 2.75) is 32.6 Å². The number of nitrogens with zero attached hydrogens (tertiary/aromatic N) is 1. The Bertz CT molecular complexity index is 1250. The molecular weight excluding hydrogens is 447 g/mol. The maximum atomic E-state index is 15.1. The number of rotatable bonds is 8. The minimum absolute atomic E-state index is 0.294. The van der Waals surface area contributed by atoms with Crippen molar-refractivity contribution in [2.24, 2.45) is 0 Å². The lowest BCUT2D eigenvalue weighted by Crippen LogP contribution is -1.98. The summed E-state index contributed by atoms with van der Waals surface area (Å²) in [6.07, 6.45) is 4.36. The van der Waals surface area contributed by atoms with Crippen molar-refractivity contribution < 1.29 is 17.9 Å². The lowest BCUT2D eigenvalue weighted by Gasteiger charge is -2.10. The zero-order valence-electron chi connectivity index (χ0n) is 18.2. The number of fused-ring (bicyclic) bond motifs is 1. The molecule has 33 heavy (non-hydrogen) atoms. The SMILES string of the molecule is CCCCOc1ccc(-c2ccc3c(F)c(CCc4cc(F)c(Cl)c(F)c4)ccc3c2)nc1. The zero-order valence-corrected chi connectivity index (χ0v) is 18.9. The van der Waals surface area contributed by atoms with E-state index >= 15 is 4.39 Å². The lowest BCUT2D eigenvalue weighted by molar-refractivity contribution is 0.308. The molecule has 2 nitrogen and oxygen atoms in total. The number of pyridine rings is 1. The van der Waals surface area contributed by atoms with Crippen LogP contribution >= 0.6 is 11.6 Å². The molecule has 0 bridgehead atoms. The van der Waals surface area contributed by atoms with Gasteiger partial charge in [0.25, 0.3) is 0 Å². The number of aromatic nitrogens is 1. The van der Waals surface area contributed by atoms with Crippen LogP contribution in [0.4, 0.5) is 13.2 Å². The van der Waals surface area contributed by atoms with Gasteiger partial charge in [-0.2, -0.15) is 0 Å². The molecule has 0 spiro atoms. The summed E-state index contributed by atoms with van der Waals surface area (Å²) in [5.41, 5.74) is 2.56. The molecule has 0 fully saturated rings. The Kier molecular flexibility index (Phi) is 7.19. The third-order valence-electron chi connectivity index (χ3n) is 5.56. The van der Waals surface area contributed by atoms with Gasteiger partial charge in [0.1, 0.15) is 28.2 Å². The van der Waals surface area contributed by atoms with Crippen LogP contribution in [-0.4, -0.2) is 11.6 Å². The number of aryl methyl sites for hydroxylation is 2. The van der Waals surface area contributed by atoms with E-state index in [2.05, 4.69) is 11.9 Å². The van der Waals surface area contributed by atoms with E-state index in [1.165, 1.54) is 12.1 Å². The van der Waals surface area contributed by atoms with Crippen molar-refractivity contribution in [1.29, 1.82) is 0 Å². The van der Waals surface area contributed by atoms with E-state index in [-0.39, 0.29) is 5.82 Å². The summed E-state index contributed by atoms with van der Waals surface area (Å²) in [6.45, 7) is 2.77. The van der Waals surface area contributed by atoms with E-state index < -0.39 is 16.7 Å². The first-order valence-corrected chi connectivity index (χ1v) is 11.3. The molecule has 1 heterocycles. The van der Waals surface area contributed by atoms with Gasteiger partial charge in [0.15, 0.2) is 0 Å². The van der Waals surface area contributed by atoms with Gasteiger partial charge in [0.2, 0.25) is 0 Å². The van der Waals surface area contributed by atoms with Crippen LogP contribution in [-0.2, 0) is 12.8 Å². The molecule has 1 aromatic heterocycles. The number of benzene rings is 3. The summed E-state index contributed by atoms with van der Waals surface area (Å²) in [7, 11) is 0. The minimum atomic E-state index is -0.813. The minimum Gasteiger partial charge on any atom is -0.492 e. The van der Waals surface area contributed by atoms with Gasteiger partial charge >= 0.3 is 0 Å². The normalized spacial score (nSPS) is 11.2. The second-order valence-electron chi connectivity index (χ2n) is 7.93. The molecule has 0 unspecified atom stereocenters. The topological polar surface area (TPSA) is 22.1 Å². The summed E-state index contributed by atoms with van der Waals surface area (Å²) in [5, 5.41) is 0.714. The molecule has 0 saturated heterocycles. The van der Waals surface area contributed by atoms with Gasteiger partial charge < -0.3 is 4.74 Å². The Hall–Kier alpha value is -3.05. The molecule has 170 valence electrons. The van der Waals surface area contributed by atoms with Gasteiger partial charge in [-0.25, -0.2) is 13.2 Å². The highest BCUT2D eigenvalue weighted by molar-refractivity contribution is 6.30. The van der Waals surface area contributed by atoms with Crippen LogP contribution in [0.5, 0.6) is 5.75 Å². The fourth-order valence-corrected chi connectivity index (χ4v) is 3.80. The lowest BCUT2D eigenvalue weighted by atomic mass is 9.98. The number of hydrogen-bond acceptors (Lipinski definition) is 2. The molecule has 4 aromatic rings. The number of halogens is 4. The average Bonchev–Trinajstić information content (AvgIpc) is 2.82. The molecule has 0 N–H and O–H groups in total. The van der Waals surface area contributed by atoms with Crippen LogP contribution < -0.4 is 4.74 Å². The number of unbranched alkanes of at least 4 members (excludes halogenated alkanes) is 1. The van der Waals surface area contributed by atoms with Crippen LogP contribution in [0, 0.1) is 17.5 Å². The molecule has 0 saturated carbocycles. The molecule has 0 atom stereocenters. The van der Waals surface area contributed by atoms with E-state index in [0.29, 0.717) is 36.0 Å². The molecule has 0 aliphatic carbocycles. The summed E-state index contributed by atoms with van der Waals surface area (Å²) in [4.78, 5) is 4.47. The van der Waals surface area contributed by atoms with Gasteiger partial charge in [-0.05, 0) is 66.1 Å². The molecule has 0 radical (unpaired) electrons. The van der Waals surface area contributed by atoms with Crippen molar-refractivity contribution in [3.05, 3.63) is 94.4 Å². The predicted octanol–water partition coefficient (Wildman–Crippen LogP) is 7.94. The highest BCUT2D eigenvalue weighted by atomic mass is 35.5. The highest BCUT2D eigenvalue weighted by Gasteiger charge is 2.12. The van der Waals surface area contributed by atoms with E-state index in [1.807, 2.05) is 30.3 Å². The second-order valence-corrected chi connectivity index (χ2v) is 8.31. The Morgan fingerprint density at radius 1 is 0.909 bits per heavy atom. The standard InChI is InChI=1S/C27H23ClF3NO/c1-2-3-12-33-21-9-11-25(32-16-21)20-8-10-22-19(15-20)7-6-18(27(22)31)5-4-17-13-23(29)26(28)24(30)14-17/h6-11,13-16H,2-5,12H2,1H3. The van der Waals surface area contributed by atoms with E-state index in [4.69, 9.17) is 16.3 Å². The predicted molar refractivity (Wildman–Crippen MR) is 126 cm³/mol. The van der Waals surface area contributed by atoms with Crippen LogP contribution in [0.3, 0.4) is 0 Å². The molecule has 0 aliphatic heterocycles. The summed E-state index contributed by atoms with van der Waals surface area (Å²) in [6, 6.07) is 15.2. The molecule has 0 aliphatic rings. The summed E-state index contributed by atoms with van der Waals surface area (Å²) >= 11 is 5.53. The van der Waals surface area contributed by atoms with Gasteiger partial charge in [-0.3, -0.25) is 4.98 Å². The highest BCUT2D eigenvalue weighted by Crippen LogP contribution is 2.28. The number of ether oxygens (including phenoxy) is 1. The van der Waals surface area contributed by atoms with Gasteiger partial charge in [-0.15, -0.1) is 0 Å². The molecular formula is C27H23ClF3NO. The van der Waals surface area contributed by atoms with Crippen LogP contribution in [0.25, 0.3) is 22.0 Å². The van der Waals surface area contributed by atoms with Gasteiger partial charge in [-0.1, -0.05) is 49.2 Å². The quantitative estimate of drug-likeness (QED) is 0.193. The first kappa shape index (κ1) is 23.1. The van der Waals surface area contributed by atoms with Gasteiger partial charge in [0.05, 0.1) is 18.5 Å². The Morgan fingerprint density at radius 3 is 2.39 bits per heavy atom. The molecule has 0 amide bonds. The van der Waals surface area contributed by atoms with Crippen molar-refractivity contribution in [3.8, 4) is 17.0 Å². The Labute approximate surface area is 196 Å². The molecule has 3 aromatic carbocycles. The van der Waals surface area contributed by atoms with Crippen LogP contribution in [0.1, 0.15) is 30.9 Å². The third kappa shape index (κ3) is 5.31. The monoisotopic (exact) mass is 469 g/mol. The average molecular weight is 470 g/mol. The fraction of sp³-hybridized carbons (Fsp3) is 0.222. The van der Waals surface area contributed by atoms with Crippen molar-refractivity contribution >= 4 is 22.4 Å². The van der Waals surface area contributed by atoms with E-state index in [0.717, 1.165) is 35.2 Å². The van der Waals surface area contributed by atoms with Crippen molar-refractivity contribution in [2.75, 3.05) is 6.61 Å². The van der Waals surface area contributed by atoms with Gasteiger partial charge in [0, 0.05) is 10.9 Å². The smallest absolute Gasteiger partial charge is 0.145 e. The molecule has 6 heteroatoms. The Morgan fingerprint density at radius 2 is 1.70 bits per heavy atom. The molecule has 4 rings (SSSR count). The summed E-state index contributed by atoms with van der Waals surface area (Å²) in [5.74, 6) is -1.23. The third-order valence-corrected chi connectivity index (χ3v) is 5.92. The maximum Gasteiger partial charge on any atom is 0.145 e. The largest absolute Gasteiger partial charge is 0.492 e. The van der Waals surface area contributed by atoms with E-state index in [9.17, 15) is 8.78 Å². The first-order chi connectivity index (χ1) is 16.0. The fourth-order valence-electron chi connectivity index (χ4n) is 3.69. The summed E-state index contributed by atoms with van der Waals surface area (Å²) < 4.78 is 48.1. The first-order valence-electron chi connectivity index (χ1n) is 10.9. The van der Waals surface area contributed by atoms with E-state index in [1.54, 1.807) is 18.3 Å². The Balaban J connectivity index is 1.51. The zero-order chi connectivity index (χ0) is 23.4.